The molecule has 7 heteroatoms. The van der Waals surface area contributed by atoms with Crippen LogP contribution in [0, 0.1) is 0 Å². The first-order valence-corrected chi connectivity index (χ1v) is 6.79. The van der Waals surface area contributed by atoms with Crippen LogP contribution in [0.2, 0.25) is 0 Å². The van der Waals surface area contributed by atoms with E-state index in [1.165, 1.54) is 6.07 Å². The highest BCUT2D eigenvalue weighted by Gasteiger charge is 2.24. The third kappa shape index (κ3) is 3.09. The van der Waals surface area contributed by atoms with E-state index in [2.05, 4.69) is 0 Å². The number of hydrogen-bond acceptors (Lipinski definition) is 6. The zero-order valence-corrected chi connectivity index (χ0v) is 10.1. The van der Waals surface area contributed by atoms with Crippen LogP contribution in [0.15, 0.2) is 18.2 Å². The molecule has 1 aliphatic heterocycles. The molecule has 1 aromatic carbocycles. The van der Waals surface area contributed by atoms with Gasteiger partial charge < -0.3 is 19.4 Å². The highest BCUT2D eigenvalue weighted by Crippen LogP contribution is 2.33. The molecular weight excluding hydrogens is 246 g/mol. The van der Waals surface area contributed by atoms with Crippen molar-refractivity contribution in [2.75, 3.05) is 25.2 Å². The van der Waals surface area contributed by atoms with Gasteiger partial charge in [-0.15, -0.1) is 0 Å². The van der Waals surface area contributed by atoms with Crippen LogP contribution >= 0.6 is 0 Å². The Morgan fingerprint density at radius 1 is 1.35 bits per heavy atom. The lowest BCUT2D eigenvalue weighted by molar-refractivity contribution is -0.0449. The van der Waals surface area contributed by atoms with E-state index in [1.807, 2.05) is 0 Å². The number of rotatable bonds is 3. The quantitative estimate of drug-likeness (QED) is 0.633. The van der Waals surface area contributed by atoms with Gasteiger partial charge in [-0.25, -0.2) is 0 Å². The number of benzene rings is 1. The standard InChI is InChI=1S/C10H13NO5S/c1-17(12,13)16-9-3-2-7(11)6-8(9)10-14-4-5-15-10/h2-3,6,10H,4-5,11H2,1H3. The number of anilines is 1. The summed E-state index contributed by atoms with van der Waals surface area (Å²) in [5.41, 5.74) is 6.61. The zero-order valence-electron chi connectivity index (χ0n) is 9.25. The first-order chi connectivity index (χ1) is 7.96. The molecule has 0 saturated carbocycles. The number of ether oxygens (including phenoxy) is 2. The number of hydrogen-bond donors (Lipinski definition) is 1. The summed E-state index contributed by atoms with van der Waals surface area (Å²) in [6.45, 7) is 0.912. The van der Waals surface area contributed by atoms with E-state index >= 15 is 0 Å². The average molecular weight is 259 g/mol. The zero-order chi connectivity index (χ0) is 12.5. The maximum atomic E-state index is 11.1. The van der Waals surface area contributed by atoms with Crippen molar-refractivity contribution in [3.63, 3.8) is 0 Å². The molecule has 2 rings (SSSR count). The van der Waals surface area contributed by atoms with Gasteiger partial charge in [0.05, 0.1) is 25.0 Å². The van der Waals surface area contributed by atoms with E-state index in [9.17, 15) is 8.42 Å². The molecule has 0 aliphatic carbocycles. The van der Waals surface area contributed by atoms with Gasteiger partial charge in [0.25, 0.3) is 0 Å². The predicted octanol–water partition coefficient (Wildman–Crippen LogP) is 0.653. The topological polar surface area (TPSA) is 87.9 Å². The van der Waals surface area contributed by atoms with Crippen molar-refractivity contribution in [2.24, 2.45) is 0 Å². The van der Waals surface area contributed by atoms with E-state index in [0.717, 1.165) is 6.26 Å². The van der Waals surface area contributed by atoms with Crippen molar-refractivity contribution in [1.82, 2.24) is 0 Å². The Morgan fingerprint density at radius 3 is 2.59 bits per heavy atom. The molecule has 1 heterocycles. The van der Waals surface area contributed by atoms with Crippen LogP contribution in [-0.2, 0) is 19.6 Å². The molecule has 0 aromatic heterocycles. The second kappa shape index (κ2) is 4.52. The summed E-state index contributed by atoms with van der Waals surface area (Å²) in [5.74, 6) is 0.175. The lowest BCUT2D eigenvalue weighted by Crippen LogP contribution is -2.10. The third-order valence-electron chi connectivity index (χ3n) is 2.15. The predicted molar refractivity (Wildman–Crippen MR) is 61.0 cm³/mol. The highest BCUT2D eigenvalue weighted by molar-refractivity contribution is 7.86. The van der Waals surface area contributed by atoms with Gasteiger partial charge in [0.15, 0.2) is 12.0 Å². The lowest BCUT2D eigenvalue weighted by Gasteiger charge is -2.14. The van der Waals surface area contributed by atoms with E-state index in [1.54, 1.807) is 12.1 Å². The minimum atomic E-state index is -3.59. The molecule has 0 amide bonds. The fourth-order valence-electron chi connectivity index (χ4n) is 1.53. The molecule has 2 N–H and O–H groups in total. The second-order valence-electron chi connectivity index (χ2n) is 3.66. The Morgan fingerprint density at radius 2 is 2.00 bits per heavy atom. The molecule has 0 spiro atoms. The monoisotopic (exact) mass is 259 g/mol. The summed E-state index contributed by atoms with van der Waals surface area (Å²) in [6.07, 6.45) is 0.346. The molecule has 1 saturated heterocycles. The summed E-state index contributed by atoms with van der Waals surface area (Å²) in [5, 5.41) is 0. The van der Waals surface area contributed by atoms with E-state index in [-0.39, 0.29) is 5.75 Å². The SMILES string of the molecule is CS(=O)(=O)Oc1ccc(N)cc1C1OCCO1. The van der Waals surface area contributed by atoms with Crippen molar-refractivity contribution < 1.29 is 22.1 Å². The van der Waals surface area contributed by atoms with Crippen LogP contribution in [0.25, 0.3) is 0 Å². The number of nitrogen functional groups attached to an aromatic ring is 1. The molecule has 1 fully saturated rings. The molecule has 17 heavy (non-hydrogen) atoms. The summed E-state index contributed by atoms with van der Waals surface area (Å²) in [6, 6.07) is 4.62. The van der Waals surface area contributed by atoms with Gasteiger partial charge in [0.1, 0.15) is 0 Å². The Kier molecular flexibility index (Phi) is 3.23. The summed E-state index contributed by atoms with van der Waals surface area (Å²) >= 11 is 0. The van der Waals surface area contributed by atoms with Crippen LogP contribution < -0.4 is 9.92 Å². The molecular formula is C10H13NO5S. The van der Waals surface area contributed by atoms with Crippen molar-refractivity contribution in [3.05, 3.63) is 23.8 Å². The Labute approximate surface area is 99.4 Å². The van der Waals surface area contributed by atoms with Gasteiger partial charge in [-0.3, -0.25) is 0 Å². The van der Waals surface area contributed by atoms with Crippen LogP contribution in [-0.4, -0.2) is 27.9 Å². The normalized spacial score (nSPS) is 17.2. The minimum absolute atomic E-state index is 0.175. The van der Waals surface area contributed by atoms with Crippen LogP contribution in [0.3, 0.4) is 0 Å². The van der Waals surface area contributed by atoms with Crippen molar-refractivity contribution in [2.45, 2.75) is 6.29 Å². The number of nitrogens with two attached hydrogens (primary N) is 1. The maximum absolute atomic E-state index is 11.1. The molecule has 0 unspecified atom stereocenters. The molecule has 1 aliphatic rings. The van der Waals surface area contributed by atoms with E-state index in [0.29, 0.717) is 24.5 Å². The Hall–Kier alpha value is -1.31. The van der Waals surface area contributed by atoms with Crippen LogP contribution in [0.5, 0.6) is 5.75 Å². The summed E-state index contributed by atoms with van der Waals surface area (Å²) in [7, 11) is -3.59. The molecule has 94 valence electrons. The fraction of sp³-hybridized carbons (Fsp3) is 0.400. The van der Waals surface area contributed by atoms with Crippen molar-refractivity contribution in [1.29, 1.82) is 0 Å². The van der Waals surface area contributed by atoms with Gasteiger partial charge in [0.2, 0.25) is 0 Å². The van der Waals surface area contributed by atoms with E-state index < -0.39 is 16.4 Å². The van der Waals surface area contributed by atoms with Gasteiger partial charge in [-0.1, -0.05) is 0 Å². The van der Waals surface area contributed by atoms with E-state index in [4.69, 9.17) is 19.4 Å². The molecule has 1 aromatic rings. The van der Waals surface area contributed by atoms with Gasteiger partial charge >= 0.3 is 10.1 Å². The minimum Gasteiger partial charge on any atom is -0.399 e. The average Bonchev–Trinajstić information content (AvgIpc) is 2.71. The van der Waals surface area contributed by atoms with Gasteiger partial charge in [-0.2, -0.15) is 8.42 Å². The summed E-state index contributed by atoms with van der Waals surface area (Å²) < 4.78 is 37.7. The lowest BCUT2D eigenvalue weighted by atomic mass is 10.1. The smallest absolute Gasteiger partial charge is 0.306 e. The van der Waals surface area contributed by atoms with Crippen molar-refractivity contribution in [3.8, 4) is 5.75 Å². The van der Waals surface area contributed by atoms with Crippen LogP contribution in [0.4, 0.5) is 5.69 Å². The summed E-state index contributed by atoms with van der Waals surface area (Å²) in [4.78, 5) is 0. The fourth-order valence-corrected chi connectivity index (χ4v) is 2.01. The molecule has 0 bridgehead atoms. The first-order valence-electron chi connectivity index (χ1n) is 4.98. The third-order valence-corrected chi connectivity index (χ3v) is 2.63. The van der Waals surface area contributed by atoms with Crippen molar-refractivity contribution >= 4 is 15.8 Å². The molecule has 0 atom stereocenters. The van der Waals surface area contributed by atoms with Gasteiger partial charge in [0, 0.05) is 5.69 Å². The maximum Gasteiger partial charge on any atom is 0.306 e. The molecule has 0 radical (unpaired) electrons. The van der Waals surface area contributed by atoms with Gasteiger partial charge in [-0.05, 0) is 18.2 Å². The highest BCUT2D eigenvalue weighted by atomic mass is 32.2. The Bertz CT molecular complexity index is 507. The first kappa shape index (κ1) is 12.2. The van der Waals surface area contributed by atoms with Crippen LogP contribution in [0.1, 0.15) is 11.9 Å². The Balaban J connectivity index is 2.36. The largest absolute Gasteiger partial charge is 0.399 e. The molecule has 6 nitrogen and oxygen atoms in total. The second-order valence-corrected chi connectivity index (χ2v) is 5.23.